The van der Waals surface area contributed by atoms with Crippen molar-refractivity contribution < 1.29 is 26.3 Å². The number of rotatable bonds is 8. The maximum Gasteiger partial charge on any atom is 0.380 e. The van der Waals surface area contributed by atoms with Crippen LogP contribution < -0.4 is 0 Å². The average molecular weight is 565 g/mol. The van der Waals surface area contributed by atoms with E-state index in [1.165, 1.54) is 6.07 Å². The topological polar surface area (TPSA) is 47.6 Å². The molecule has 0 spiro atoms. The van der Waals surface area contributed by atoms with Gasteiger partial charge < -0.3 is 0 Å². The molecule has 0 saturated carbocycles. The molecule has 1 aliphatic carbocycles. The van der Waals surface area contributed by atoms with E-state index >= 15 is 26.3 Å². The van der Waals surface area contributed by atoms with Gasteiger partial charge in [-0.25, -0.2) is 0 Å². The Morgan fingerprint density at radius 3 is 2.18 bits per heavy atom. The van der Waals surface area contributed by atoms with Crippen molar-refractivity contribution in [2.24, 2.45) is 0 Å². The lowest BCUT2D eigenvalue weighted by molar-refractivity contribution is -0.254. The van der Waals surface area contributed by atoms with E-state index in [1.807, 2.05) is 6.92 Å². The van der Waals surface area contributed by atoms with E-state index in [2.05, 4.69) is 0 Å². The minimum atomic E-state index is -5.66. The molecule has 0 fully saturated rings. The van der Waals surface area contributed by atoms with Gasteiger partial charge in [0, 0.05) is 41.4 Å². The van der Waals surface area contributed by atoms with E-state index in [0.29, 0.717) is 22.4 Å². The van der Waals surface area contributed by atoms with Gasteiger partial charge in [-0.3, -0.25) is 0 Å². The molecular weight excluding hydrogens is 542 g/mol. The van der Waals surface area contributed by atoms with E-state index in [-0.39, 0.29) is 44.7 Å². The van der Waals surface area contributed by atoms with Crippen LogP contribution in [0.25, 0.3) is 27.3 Å². The molecule has 0 saturated heterocycles. The van der Waals surface area contributed by atoms with Crippen LogP contribution in [0.1, 0.15) is 58.9 Å². The predicted octanol–water partition coefficient (Wildman–Crippen LogP) is 9.52. The van der Waals surface area contributed by atoms with Crippen molar-refractivity contribution in [3.63, 3.8) is 0 Å². The molecule has 0 amide bonds. The summed E-state index contributed by atoms with van der Waals surface area (Å²) in [5.41, 5.74) is -3.72. The molecule has 1 aliphatic rings. The molecule has 0 bridgehead atoms. The summed E-state index contributed by atoms with van der Waals surface area (Å²) in [5.74, 6) is -16.0. The molecule has 3 aromatic rings. The van der Waals surface area contributed by atoms with Crippen LogP contribution in [0.5, 0.6) is 0 Å². The maximum absolute atomic E-state index is 15.6. The first-order valence-corrected chi connectivity index (χ1v) is 13.6. The third-order valence-electron chi connectivity index (χ3n) is 6.54. The van der Waals surface area contributed by atoms with E-state index in [1.54, 1.807) is 37.3 Å². The highest BCUT2D eigenvalue weighted by Crippen LogP contribution is 2.66. The van der Waals surface area contributed by atoms with Crippen LogP contribution in [0.15, 0.2) is 35.9 Å². The highest BCUT2D eigenvalue weighted by molar-refractivity contribution is 7.19. The minimum absolute atomic E-state index is 0.177. The largest absolute Gasteiger partial charge is 0.380 e. The number of nitriles is 2. The summed E-state index contributed by atoms with van der Waals surface area (Å²) in [4.78, 5) is 0.723. The Labute approximate surface area is 224 Å². The lowest BCUT2D eigenvalue weighted by Crippen LogP contribution is -2.49. The van der Waals surface area contributed by atoms with Crippen LogP contribution in [0, 0.1) is 22.7 Å². The second kappa shape index (κ2) is 10.2. The summed E-state index contributed by atoms with van der Waals surface area (Å²) in [5, 5.41) is 18.5. The Hall–Kier alpha value is -3.08. The molecule has 2 nitrogen and oxygen atoms in total. The van der Waals surface area contributed by atoms with Gasteiger partial charge in [-0.1, -0.05) is 44.9 Å². The van der Waals surface area contributed by atoms with Gasteiger partial charge in [0.15, 0.2) is 0 Å². The average Bonchev–Trinajstić information content (AvgIpc) is 3.48. The Morgan fingerprint density at radius 1 is 0.895 bits per heavy atom. The summed E-state index contributed by atoms with van der Waals surface area (Å²) in [6.07, 6.45) is 3.57. The van der Waals surface area contributed by atoms with Crippen molar-refractivity contribution in [1.29, 1.82) is 10.5 Å². The fraction of sp³-hybridized carbons (Fsp3) is 0.357. The molecule has 0 N–H and O–H groups in total. The number of hydrogen-bond donors (Lipinski definition) is 0. The van der Waals surface area contributed by atoms with Crippen molar-refractivity contribution in [2.75, 3.05) is 0 Å². The van der Waals surface area contributed by atoms with Gasteiger partial charge in [0.05, 0.1) is 0 Å². The van der Waals surface area contributed by atoms with Crippen molar-refractivity contribution in [2.45, 2.75) is 63.7 Å². The second-order valence-corrected chi connectivity index (χ2v) is 11.3. The number of allylic oxidation sites excluding steroid dienone is 3. The summed E-state index contributed by atoms with van der Waals surface area (Å²) < 4.78 is 93.1. The summed E-state index contributed by atoms with van der Waals surface area (Å²) in [6, 6.07) is 10.8. The molecule has 2 heterocycles. The minimum Gasteiger partial charge on any atom is -0.194 e. The molecule has 0 unspecified atom stereocenters. The number of thiophene rings is 2. The van der Waals surface area contributed by atoms with Crippen molar-refractivity contribution in [3.8, 4) is 12.1 Å². The summed E-state index contributed by atoms with van der Waals surface area (Å²) in [7, 11) is 0. The van der Waals surface area contributed by atoms with Crippen molar-refractivity contribution in [3.05, 3.63) is 61.7 Å². The van der Waals surface area contributed by atoms with Gasteiger partial charge in [0.25, 0.3) is 0 Å². The van der Waals surface area contributed by atoms with Gasteiger partial charge >= 0.3 is 17.8 Å². The van der Waals surface area contributed by atoms with Gasteiger partial charge in [-0.05, 0) is 43.0 Å². The third kappa shape index (κ3) is 4.24. The number of fused-ring (bicyclic) bond motifs is 1. The highest BCUT2D eigenvalue weighted by atomic mass is 32.1. The molecule has 198 valence electrons. The van der Waals surface area contributed by atoms with E-state index in [4.69, 9.17) is 10.5 Å². The summed E-state index contributed by atoms with van der Waals surface area (Å²) in [6.45, 7) is 3.59. The van der Waals surface area contributed by atoms with Gasteiger partial charge in [-0.2, -0.15) is 36.9 Å². The molecule has 0 atom stereocenters. The van der Waals surface area contributed by atoms with Crippen LogP contribution >= 0.6 is 22.7 Å². The van der Waals surface area contributed by atoms with Crippen molar-refractivity contribution >= 4 is 50.0 Å². The number of hydrogen-bond acceptors (Lipinski definition) is 4. The zero-order valence-corrected chi connectivity index (χ0v) is 22.1. The van der Waals surface area contributed by atoms with Crippen LogP contribution in [0.2, 0.25) is 0 Å². The lowest BCUT2D eigenvalue weighted by atomic mass is 9.91. The molecule has 4 rings (SSSR count). The van der Waals surface area contributed by atoms with Crippen molar-refractivity contribution in [1.82, 2.24) is 0 Å². The fourth-order valence-electron chi connectivity index (χ4n) is 4.72. The Morgan fingerprint density at radius 2 is 1.55 bits per heavy atom. The number of halogens is 6. The number of unbranched alkanes of at least 4 members (excludes halogenated alkanes) is 2. The molecule has 0 radical (unpaired) electrons. The Balaban J connectivity index is 2.12. The monoisotopic (exact) mass is 564 g/mol. The predicted molar refractivity (Wildman–Crippen MR) is 140 cm³/mol. The summed E-state index contributed by atoms with van der Waals surface area (Å²) >= 11 is 2.05. The molecule has 10 heteroatoms. The van der Waals surface area contributed by atoms with E-state index < -0.39 is 28.9 Å². The smallest absolute Gasteiger partial charge is 0.194 e. The highest BCUT2D eigenvalue weighted by Gasteiger charge is 2.80. The van der Waals surface area contributed by atoms with Gasteiger partial charge in [0.2, 0.25) is 0 Å². The Bertz CT molecular complexity index is 1510. The second-order valence-electron chi connectivity index (χ2n) is 8.95. The lowest BCUT2D eigenvalue weighted by Gasteiger charge is -2.26. The van der Waals surface area contributed by atoms with Crippen LogP contribution in [-0.2, 0) is 12.8 Å². The molecule has 0 aliphatic heterocycles. The number of aryl methyl sites for hydroxylation is 2. The quantitative estimate of drug-likeness (QED) is 0.155. The first-order chi connectivity index (χ1) is 18.0. The van der Waals surface area contributed by atoms with Gasteiger partial charge in [0.1, 0.15) is 17.7 Å². The zero-order chi connectivity index (χ0) is 27.9. The van der Waals surface area contributed by atoms with Gasteiger partial charge in [-0.15, -0.1) is 22.7 Å². The number of alkyl halides is 6. The molecule has 1 aromatic carbocycles. The molecule has 38 heavy (non-hydrogen) atoms. The first-order valence-electron chi connectivity index (χ1n) is 12.0. The van der Waals surface area contributed by atoms with E-state index in [0.717, 1.165) is 41.2 Å². The number of nitrogens with zero attached hydrogens (tertiary/aromatic N) is 2. The normalized spacial score (nSPS) is 17.4. The van der Waals surface area contributed by atoms with Crippen LogP contribution in [0.3, 0.4) is 0 Å². The number of benzene rings is 1. The standard InChI is InChI=1S/C28H22F6N2S2/c1-3-5-6-10-22-19(13-17(37-22)12-16(14-35)15-36)24-25(27(31,32)28(33,34)26(24,29)30)23-18-9-7-8-11-21(18)38-20(23)4-2/h7-9,11-13H,3-6,10H2,1-2H3. The maximum atomic E-state index is 15.6. The third-order valence-corrected chi connectivity index (χ3v) is 9.00. The molecular formula is C28H22F6N2S2. The van der Waals surface area contributed by atoms with Crippen LogP contribution in [-0.4, -0.2) is 17.8 Å². The zero-order valence-electron chi connectivity index (χ0n) is 20.5. The van der Waals surface area contributed by atoms with Crippen LogP contribution in [0.4, 0.5) is 26.3 Å². The van der Waals surface area contributed by atoms with E-state index in [9.17, 15) is 0 Å². The Kier molecular flexibility index (Phi) is 7.53. The SMILES string of the molecule is CCCCCc1sc(C=C(C#N)C#N)cc1C1=C(c2c(CC)sc3ccccc23)C(F)(F)C(F)(F)C1(F)F. The first kappa shape index (κ1) is 27.9. The molecule has 2 aromatic heterocycles. The fourth-order valence-corrected chi connectivity index (χ4v) is 7.02.